The predicted octanol–water partition coefficient (Wildman–Crippen LogP) is 3.66. The lowest BCUT2D eigenvalue weighted by molar-refractivity contribution is 0.0598. The fraction of sp³-hybridized carbons (Fsp3) is 0.0769. The molecule has 0 amide bonds. The van der Waals surface area contributed by atoms with Gasteiger partial charge in [-0.25, -0.2) is 9.78 Å². The summed E-state index contributed by atoms with van der Waals surface area (Å²) < 4.78 is 10.9. The molecule has 0 aliphatic heterocycles. The Morgan fingerprint density at radius 2 is 2.20 bits per heavy atom. The number of nitrogens with zero attached hydrogens (tertiary/aromatic N) is 1. The number of ether oxygens (including phenoxy) is 2. The van der Waals surface area contributed by atoms with Crippen LogP contribution in [-0.4, -0.2) is 18.1 Å². The highest BCUT2D eigenvalue weighted by atomic mass is 79.9. The maximum atomic E-state index is 11.7. The molecule has 2 rings (SSSR count). The Morgan fingerprint density at radius 1 is 1.45 bits per heavy atom. The van der Waals surface area contributed by atoms with Gasteiger partial charge in [0.1, 0.15) is 22.9 Å². The van der Waals surface area contributed by atoms with Gasteiger partial charge >= 0.3 is 5.97 Å². The van der Waals surface area contributed by atoms with E-state index in [4.69, 9.17) is 26.8 Å². The first-order valence-electron chi connectivity index (χ1n) is 5.48. The molecule has 20 heavy (non-hydrogen) atoms. The highest BCUT2D eigenvalue weighted by molar-refractivity contribution is 9.10. The number of methoxy groups -OCH3 is 1. The van der Waals surface area contributed by atoms with E-state index >= 15 is 0 Å². The number of nitrogens with two attached hydrogens (primary N) is 1. The molecular weight excluding hydrogens is 348 g/mol. The summed E-state index contributed by atoms with van der Waals surface area (Å²) in [5.74, 6) is 0.464. The van der Waals surface area contributed by atoms with E-state index in [9.17, 15) is 4.79 Å². The third-order valence-electron chi connectivity index (χ3n) is 2.44. The van der Waals surface area contributed by atoms with E-state index in [0.29, 0.717) is 16.0 Å². The van der Waals surface area contributed by atoms with Gasteiger partial charge in [0.2, 0.25) is 0 Å². The lowest BCUT2D eigenvalue weighted by atomic mass is 10.2. The molecule has 0 unspecified atom stereocenters. The monoisotopic (exact) mass is 356 g/mol. The zero-order chi connectivity index (χ0) is 14.7. The number of hydrogen-bond acceptors (Lipinski definition) is 5. The van der Waals surface area contributed by atoms with Crippen molar-refractivity contribution in [2.45, 2.75) is 0 Å². The number of hydrogen-bond donors (Lipinski definition) is 1. The molecule has 1 aromatic heterocycles. The molecule has 0 fully saturated rings. The van der Waals surface area contributed by atoms with E-state index < -0.39 is 5.97 Å². The summed E-state index contributed by atoms with van der Waals surface area (Å²) in [6.07, 6.45) is 1.45. The maximum absolute atomic E-state index is 11.7. The van der Waals surface area contributed by atoms with Gasteiger partial charge in [-0.15, -0.1) is 0 Å². The molecule has 2 aromatic rings. The van der Waals surface area contributed by atoms with Crippen molar-refractivity contribution in [3.63, 3.8) is 0 Å². The van der Waals surface area contributed by atoms with E-state index in [-0.39, 0.29) is 16.3 Å². The van der Waals surface area contributed by atoms with Gasteiger partial charge in [0.25, 0.3) is 0 Å². The zero-order valence-electron chi connectivity index (χ0n) is 10.4. The minimum absolute atomic E-state index is 0.157. The van der Waals surface area contributed by atoms with Crippen molar-refractivity contribution in [3.8, 4) is 11.5 Å². The van der Waals surface area contributed by atoms with E-state index in [1.165, 1.54) is 13.3 Å². The number of rotatable bonds is 3. The number of nitrogen functional groups attached to an aromatic ring is 1. The third kappa shape index (κ3) is 3.02. The van der Waals surface area contributed by atoms with Gasteiger partial charge in [-0.1, -0.05) is 17.7 Å². The molecule has 2 N–H and O–H groups in total. The molecule has 0 radical (unpaired) electrons. The minimum atomic E-state index is -0.576. The Balaban J connectivity index is 2.40. The van der Waals surface area contributed by atoms with Crippen LogP contribution in [-0.2, 0) is 4.74 Å². The van der Waals surface area contributed by atoms with E-state index in [0.717, 1.165) is 0 Å². The molecule has 0 spiro atoms. The van der Waals surface area contributed by atoms with E-state index in [1.807, 2.05) is 0 Å². The Bertz CT molecular complexity index is 664. The van der Waals surface area contributed by atoms with Crippen LogP contribution < -0.4 is 10.5 Å². The van der Waals surface area contributed by atoms with Crippen molar-refractivity contribution in [3.05, 3.63) is 45.5 Å². The average molecular weight is 358 g/mol. The third-order valence-corrected chi connectivity index (χ3v) is 3.39. The molecule has 0 atom stereocenters. The van der Waals surface area contributed by atoms with Gasteiger partial charge in [0.15, 0.2) is 0 Å². The van der Waals surface area contributed by atoms with Gasteiger partial charge in [-0.3, -0.25) is 0 Å². The molecule has 0 aliphatic rings. The maximum Gasteiger partial charge on any atom is 0.343 e. The highest BCUT2D eigenvalue weighted by Gasteiger charge is 2.18. The van der Waals surface area contributed by atoms with Crippen LogP contribution >= 0.6 is 27.5 Å². The number of carbonyl (C=O) groups is 1. The van der Waals surface area contributed by atoms with Crippen LogP contribution in [0.15, 0.2) is 34.9 Å². The van der Waals surface area contributed by atoms with Crippen LogP contribution in [0.25, 0.3) is 0 Å². The molecule has 1 heterocycles. The van der Waals surface area contributed by atoms with Crippen LogP contribution in [0.4, 0.5) is 5.82 Å². The lowest BCUT2D eigenvalue weighted by Crippen LogP contribution is -2.05. The number of aromatic nitrogens is 1. The summed E-state index contributed by atoms with van der Waals surface area (Å²) in [6.45, 7) is 0. The van der Waals surface area contributed by atoms with Crippen LogP contribution in [0, 0.1) is 0 Å². The standard InChI is InChI=1S/C13H10BrClN2O3/c1-19-13(18)11-9(15)3-2-4-10(11)20-7-5-8(14)12(16)17-6-7/h2-6H,1H3,(H2,16,17). The Kier molecular flexibility index (Phi) is 4.46. The fourth-order valence-corrected chi connectivity index (χ4v) is 2.07. The van der Waals surface area contributed by atoms with Crippen LogP contribution in [0.5, 0.6) is 11.5 Å². The molecular formula is C13H10BrClN2O3. The molecule has 104 valence electrons. The first-order chi connectivity index (χ1) is 9.52. The second-order valence-electron chi connectivity index (χ2n) is 3.74. The summed E-state index contributed by atoms with van der Waals surface area (Å²) >= 11 is 9.25. The van der Waals surface area contributed by atoms with Crippen LogP contribution in [0.1, 0.15) is 10.4 Å². The fourth-order valence-electron chi connectivity index (χ4n) is 1.50. The summed E-state index contributed by atoms with van der Waals surface area (Å²) in [5.41, 5.74) is 5.75. The molecule has 0 bridgehead atoms. The van der Waals surface area contributed by atoms with Crippen molar-refractivity contribution in [1.82, 2.24) is 4.98 Å². The van der Waals surface area contributed by atoms with Crippen molar-refractivity contribution < 1.29 is 14.3 Å². The largest absolute Gasteiger partial charge is 0.465 e. The van der Waals surface area contributed by atoms with Crippen LogP contribution in [0.3, 0.4) is 0 Å². The number of carbonyl (C=O) groups excluding carboxylic acids is 1. The zero-order valence-corrected chi connectivity index (χ0v) is 12.7. The molecule has 0 saturated carbocycles. The molecule has 7 heteroatoms. The van der Waals surface area contributed by atoms with E-state index in [2.05, 4.69) is 20.9 Å². The second kappa shape index (κ2) is 6.11. The first kappa shape index (κ1) is 14.6. The van der Waals surface area contributed by atoms with Gasteiger partial charge in [0, 0.05) is 6.07 Å². The smallest absolute Gasteiger partial charge is 0.343 e. The van der Waals surface area contributed by atoms with Gasteiger partial charge in [-0.05, 0) is 28.1 Å². The van der Waals surface area contributed by atoms with Gasteiger partial charge in [0.05, 0.1) is 22.8 Å². The first-order valence-corrected chi connectivity index (χ1v) is 6.65. The number of pyridine rings is 1. The van der Waals surface area contributed by atoms with Crippen molar-refractivity contribution in [2.75, 3.05) is 12.8 Å². The number of esters is 1. The predicted molar refractivity (Wildman–Crippen MR) is 79.2 cm³/mol. The van der Waals surface area contributed by atoms with Crippen molar-refractivity contribution >= 4 is 39.3 Å². The summed E-state index contributed by atoms with van der Waals surface area (Å²) in [7, 11) is 1.27. The Labute approximate surface area is 128 Å². The molecule has 0 saturated heterocycles. The van der Waals surface area contributed by atoms with Gasteiger partial charge in [-0.2, -0.15) is 0 Å². The number of halogens is 2. The quantitative estimate of drug-likeness (QED) is 0.849. The Hall–Kier alpha value is -1.79. The molecule has 1 aromatic carbocycles. The van der Waals surface area contributed by atoms with Crippen molar-refractivity contribution in [1.29, 1.82) is 0 Å². The highest BCUT2D eigenvalue weighted by Crippen LogP contribution is 2.32. The molecule has 0 aliphatic carbocycles. The van der Waals surface area contributed by atoms with Crippen molar-refractivity contribution in [2.24, 2.45) is 0 Å². The second-order valence-corrected chi connectivity index (χ2v) is 5.01. The SMILES string of the molecule is COC(=O)c1c(Cl)cccc1Oc1cnc(N)c(Br)c1. The van der Waals surface area contributed by atoms with E-state index in [1.54, 1.807) is 24.3 Å². The van der Waals surface area contributed by atoms with Gasteiger partial charge < -0.3 is 15.2 Å². The molecule has 5 nitrogen and oxygen atoms in total. The summed E-state index contributed by atoms with van der Waals surface area (Å²) in [6, 6.07) is 6.51. The topological polar surface area (TPSA) is 74.4 Å². The Morgan fingerprint density at radius 3 is 2.85 bits per heavy atom. The number of anilines is 1. The summed E-state index contributed by atoms with van der Waals surface area (Å²) in [4.78, 5) is 15.7. The number of benzene rings is 1. The normalized spacial score (nSPS) is 10.2. The summed E-state index contributed by atoms with van der Waals surface area (Å²) in [5, 5.41) is 0.247. The lowest BCUT2D eigenvalue weighted by Gasteiger charge is -2.11. The van der Waals surface area contributed by atoms with Crippen LogP contribution in [0.2, 0.25) is 5.02 Å². The minimum Gasteiger partial charge on any atom is -0.465 e. The average Bonchev–Trinajstić information content (AvgIpc) is 2.42.